The predicted octanol–water partition coefficient (Wildman–Crippen LogP) is 2.94. The van der Waals surface area contributed by atoms with Crippen molar-refractivity contribution in [2.75, 3.05) is 0 Å². The van der Waals surface area contributed by atoms with Gasteiger partial charge in [0.05, 0.1) is 17.9 Å². The SMILES string of the molecule is CCc1cccc(CC(=O)NC2(C)CCCCC2C(=O)O)c1. The fourth-order valence-electron chi connectivity index (χ4n) is 3.39. The van der Waals surface area contributed by atoms with E-state index in [1.807, 2.05) is 31.2 Å². The van der Waals surface area contributed by atoms with Crippen LogP contribution in [0.5, 0.6) is 0 Å². The molecular formula is C18H25NO3. The van der Waals surface area contributed by atoms with E-state index in [-0.39, 0.29) is 5.91 Å². The number of hydrogen-bond donors (Lipinski definition) is 2. The molecular weight excluding hydrogens is 278 g/mol. The number of rotatable bonds is 5. The Hall–Kier alpha value is -1.84. The second-order valence-electron chi connectivity index (χ2n) is 6.45. The molecule has 1 aliphatic carbocycles. The van der Waals surface area contributed by atoms with Gasteiger partial charge >= 0.3 is 5.97 Å². The Morgan fingerprint density at radius 1 is 1.32 bits per heavy atom. The number of carboxylic acids is 1. The van der Waals surface area contributed by atoms with E-state index in [1.54, 1.807) is 0 Å². The molecule has 0 aromatic heterocycles. The minimum atomic E-state index is -0.810. The average molecular weight is 303 g/mol. The molecule has 1 aliphatic rings. The van der Waals surface area contributed by atoms with Gasteiger partial charge in [0.1, 0.15) is 0 Å². The summed E-state index contributed by atoms with van der Waals surface area (Å²) in [4.78, 5) is 23.8. The summed E-state index contributed by atoms with van der Waals surface area (Å²) >= 11 is 0. The molecule has 1 aromatic carbocycles. The molecule has 0 radical (unpaired) electrons. The van der Waals surface area contributed by atoms with Crippen molar-refractivity contribution < 1.29 is 14.7 Å². The third-order valence-electron chi connectivity index (χ3n) is 4.70. The molecule has 2 atom stereocenters. The lowest BCUT2D eigenvalue weighted by Crippen LogP contribution is -2.55. The maximum atomic E-state index is 12.3. The van der Waals surface area contributed by atoms with Crippen LogP contribution in [-0.2, 0) is 22.4 Å². The monoisotopic (exact) mass is 303 g/mol. The fraction of sp³-hybridized carbons (Fsp3) is 0.556. The number of carbonyl (C=O) groups excluding carboxylic acids is 1. The molecule has 2 N–H and O–H groups in total. The molecule has 1 aromatic rings. The molecule has 4 nitrogen and oxygen atoms in total. The van der Waals surface area contributed by atoms with Crippen LogP contribution in [0, 0.1) is 5.92 Å². The van der Waals surface area contributed by atoms with Crippen molar-refractivity contribution in [1.29, 1.82) is 0 Å². The summed E-state index contributed by atoms with van der Waals surface area (Å²) in [7, 11) is 0. The first-order chi connectivity index (χ1) is 10.4. The summed E-state index contributed by atoms with van der Waals surface area (Å²) in [5.74, 6) is -1.40. The van der Waals surface area contributed by atoms with Gasteiger partial charge < -0.3 is 10.4 Å². The standard InChI is InChI=1S/C18H25NO3/c1-3-13-7-6-8-14(11-13)12-16(20)19-18(2)10-5-4-9-15(18)17(21)22/h6-8,11,15H,3-5,9-10,12H2,1-2H3,(H,19,20)(H,21,22). The highest BCUT2D eigenvalue weighted by molar-refractivity contribution is 5.81. The van der Waals surface area contributed by atoms with Crippen LogP contribution in [0.4, 0.5) is 0 Å². The van der Waals surface area contributed by atoms with E-state index in [0.717, 1.165) is 31.2 Å². The highest BCUT2D eigenvalue weighted by Crippen LogP contribution is 2.33. The minimum Gasteiger partial charge on any atom is -0.481 e. The zero-order chi connectivity index (χ0) is 16.2. The lowest BCUT2D eigenvalue weighted by molar-refractivity contribution is -0.146. The lowest BCUT2D eigenvalue weighted by Gasteiger charge is -2.39. The Kier molecular flexibility index (Phi) is 5.22. The first-order valence-corrected chi connectivity index (χ1v) is 8.06. The lowest BCUT2D eigenvalue weighted by atomic mass is 9.74. The number of aryl methyl sites for hydroxylation is 1. The van der Waals surface area contributed by atoms with Gasteiger partial charge in [0.25, 0.3) is 0 Å². The molecule has 0 bridgehead atoms. The van der Waals surface area contributed by atoms with Crippen molar-refractivity contribution in [3.63, 3.8) is 0 Å². The Morgan fingerprint density at radius 3 is 2.73 bits per heavy atom. The molecule has 120 valence electrons. The van der Waals surface area contributed by atoms with Gasteiger partial charge in [0, 0.05) is 0 Å². The van der Waals surface area contributed by atoms with E-state index >= 15 is 0 Å². The van der Waals surface area contributed by atoms with Gasteiger partial charge in [-0.2, -0.15) is 0 Å². The van der Waals surface area contributed by atoms with E-state index in [4.69, 9.17) is 0 Å². The molecule has 1 saturated carbocycles. The molecule has 1 amide bonds. The minimum absolute atomic E-state index is 0.0936. The quantitative estimate of drug-likeness (QED) is 0.879. The molecule has 2 unspecified atom stereocenters. The van der Waals surface area contributed by atoms with Crippen LogP contribution in [0.2, 0.25) is 0 Å². The Balaban J connectivity index is 2.04. The van der Waals surface area contributed by atoms with Crippen LogP contribution in [0.15, 0.2) is 24.3 Å². The van der Waals surface area contributed by atoms with Crippen LogP contribution in [0.3, 0.4) is 0 Å². The second kappa shape index (κ2) is 6.95. The van der Waals surface area contributed by atoms with Gasteiger partial charge in [-0.3, -0.25) is 9.59 Å². The normalized spacial score (nSPS) is 24.7. The summed E-state index contributed by atoms with van der Waals surface area (Å²) in [5.41, 5.74) is 1.55. The number of benzene rings is 1. The van der Waals surface area contributed by atoms with Crippen molar-refractivity contribution in [3.05, 3.63) is 35.4 Å². The average Bonchev–Trinajstić information content (AvgIpc) is 2.46. The molecule has 2 rings (SSSR count). The number of hydrogen-bond acceptors (Lipinski definition) is 2. The molecule has 0 heterocycles. The zero-order valence-corrected chi connectivity index (χ0v) is 13.4. The van der Waals surface area contributed by atoms with E-state index in [9.17, 15) is 14.7 Å². The van der Waals surface area contributed by atoms with Crippen LogP contribution in [0.1, 0.15) is 50.7 Å². The summed E-state index contributed by atoms with van der Waals surface area (Å²) in [6, 6.07) is 7.99. The van der Waals surface area contributed by atoms with Crippen LogP contribution in [0.25, 0.3) is 0 Å². The van der Waals surface area contributed by atoms with Crippen LogP contribution < -0.4 is 5.32 Å². The van der Waals surface area contributed by atoms with Crippen molar-refractivity contribution in [2.24, 2.45) is 5.92 Å². The molecule has 0 saturated heterocycles. The second-order valence-corrected chi connectivity index (χ2v) is 6.45. The van der Waals surface area contributed by atoms with Gasteiger partial charge in [-0.25, -0.2) is 0 Å². The van der Waals surface area contributed by atoms with Gasteiger partial charge in [-0.1, -0.05) is 44.0 Å². The highest BCUT2D eigenvalue weighted by atomic mass is 16.4. The third kappa shape index (κ3) is 3.87. The predicted molar refractivity (Wildman–Crippen MR) is 85.7 cm³/mol. The van der Waals surface area contributed by atoms with E-state index in [2.05, 4.69) is 12.2 Å². The summed E-state index contributed by atoms with van der Waals surface area (Å²) in [6.07, 6.45) is 4.49. The van der Waals surface area contributed by atoms with Crippen molar-refractivity contribution >= 4 is 11.9 Å². The number of amides is 1. The number of nitrogens with one attached hydrogen (secondary N) is 1. The number of aliphatic carboxylic acids is 1. The summed E-state index contributed by atoms with van der Waals surface area (Å²) in [5, 5.41) is 12.4. The highest BCUT2D eigenvalue weighted by Gasteiger charge is 2.42. The first-order valence-electron chi connectivity index (χ1n) is 8.06. The van der Waals surface area contributed by atoms with Gasteiger partial charge in [-0.15, -0.1) is 0 Å². The summed E-state index contributed by atoms with van der Waals surface area (Å²) < 4.78 is 0. The smallest absolute Gasteiger partial charge is 0.308 e. The van der Waals surface area contributed by atoms with E-state index in [0.29, 0.717) is 12.8 Å². The number of carboxylic acid groups (broad SMARTS) is 1. The number of carbonyl (C=O) groups is 2. The van der Waals surface area contributed by atoms with Gasteiger partial charge in [-0.05, 0) is 37.3 Å². The molecule has 0 aliphatic heterocycles. The van der Waals surface area contributed by atoms with E-state index in [1.165, 1.54) is 5.56 Å². The van der Waals surface area contributed by atoms with Gasteiger partial charge in [0.2, 0.25) is 5.91 Å². The molecule has 0 spiro atoms. The maximum Gasteiger partial charge on any atom is 0.308 e. The topological polar surface area (TPSA) is 66.4 Å². The van der Waals surface area contributed by atoms with E-state index < -0.39 is 17.4 Å². The fourth-order valence-corrected chi connectivity index (χ4v) is 3.39. The first kappa shape index (κ1) is 16.5. The third-order valence-corrected chi connectivity index (χ3v) is 4.70. The molecule has 1 fully saturated rings. The summed E-state index contributed by atoms with van der Waals surface area (Å²) in [6.45, 7) is 3.95. The Bertz CT molecular complexity index is 555. The largest absolute Gasteiger partial charge is 0.481 e. The maximum absolute atomic E-state index is 12.3. The van der Waals surface area contributed by atoms with Gasteiger partial charge in [0.15, 0.2) is 0 Å². The molecule has 4 heteroatoms. The van der Waals surface area contributed by atoms with Crippen molar-refractivity contribution in [1.82, 2.24) is 5.32 Å². The molecule has 22 heavy (non-hydrogen) atoms. The zero-order valence-electron chi connectivity index (χ0n) is 13.4. The van der Waals surface area contributed by atoms with Crippen LogP contribution in [-0.4, -0.2) is 22.5 Å². The Morgan fingerprint density at radius 2 is 2.05 bits per heavy atom. The van der Waals surface area contributed by atoms with Crippen molar-refractivity contribution in [2.45, 2.75) is 57.9 Å². The van der Waals surface area contributed by atoms with Crippen LogP contribution >= 0.6 is 0 Å². The Labute approximate surface area is 131 Å². The van der Waals surface area contributed by atoms with Crippen molar-refractivity contribution in [3.8, 4) is 0 Å².